The Morgan fingerprint density at radius 1 is 1.55 bits per heavy atom. The van der Waals surface area contributed by atoms with Crippen LogP contribution in [0.2, 0.25) is 0 Å². The zero-order valence-electron chi connectivity index (χ0n) is 10.4. The molecular formula is C12H11N3O3S2. The number of carbonyl (C=O) groups excluding carboxylic acids is 1. The van der Waals surface area contributed by atoms with Crippen molar-refractivity contribution in [1.29, 1.82) is 0 Å². The smallest absolute Gasteiger partial charge is 0.270 e. The number of amides is 1. The van der Waals surface area contributed by atoms with E-state index in [-0.39, 0.29) is 11.6 Å². The van der Waals surface area contributed by atoms with E-state index < -0.39 is 4.92 Å². The maximum Gasteiger partial charge on any atom is 0.270 e. The molecule has 0 bridgehead atoms. The molecule has 1 aromatic heterocycles. The largest absolute Gasteiger partial charge is 0.353 e. The third kappa shape index (κ3) is 3.07. The Labute approximate surface area is 122 Å². The fourth-order valence-corrected chi connectivity index (χ4v) is 3.60. The summed E-state index contributed by atoms with van der Waals surface area (Å²) in [5, 5.41) is 13.6. The Kier molecular flexibility index (Phi) is 3.58. The Hall–Kier alpha value is -1.67. The minimum absolute atomic E-state index is 0.0164. The molecule has 2 aromatic rings. The molecule has 0 radical (unpaired) electrons. The highest BCUT2D eigenvalue weighted by atomic mass is 32.2. The third-order valence-electron chi connectivity index (χ3n) is 2.83. The van der Waals surface area contributed by atoms with E-state index in [1.165, 1.54) is 35.2 Å². The van der Waals surface area contributed by atoms with Crippen LogP contribution in [0.5, 0.6) is 0 Å². The van der Waals surface area contributed by atoms with E-state index >= 15 is 0 Å². The zero-order chi connectivity index (χ0) is 14.1. The summed E-state index contributed by atoms with van der Waals surface area (Å²) >= 11 is 2.74. The summed E-state index contributed by atoms with van der Waals surface area (Å²) in [6.45, 7) is 0. The fraction of sp³-hybridized carbons (Fsp3) is 0.333. The molecule has 1 aliphatic carbocycles. The molecule has 0 saturated heterocycles. The van der Waals surface area contributed by atoms with Gasteiger partial charge in [0.25, 0.3) is 5.69 Å². The van der Waals surface area contributed by atoms with Crippen LogP contribution in [0.15, 0.2) is 22.5 Å². The molecule has 0 aliphatic heterocycles. The van der Waals surface area contributed by atoms with E-state index in [9.17, 15) is 14.9 Å². The van der Waals surface area contributed by atoms with Crippen LogP contribution in [0.4, 0.5) is 5.69 Å². The molecule has 1 fully saturated rings. The fourth-order valence-electron chi connectivity index (χ4n) is 1.69. The molecule has 8 heteroatoms. The molecule has 1 aromatic carbocycles. The minimum atomic E-state index is -0.422. The molecule has 0 spiro atoms. The van der Waals surface area contributed by atoms with Gasteiger partial charge in [-0.05, 0) is 18.9 Å². The van der Waals surface area contributed by atoms with Gasteiger partial charge in [0.05, 0.1) is 20.9 Å². The van der Waals surface area contributed by atoms with E-state index in [0.717, 1.165) is 27.4 Å². The van der Waals surface area contributed by atoms with Crippen molar-refractivity contribution < 1.29 is 9.72 Å². The molecule has 20 heavy (non-hydrogen) atoms. The monoisotopic (exact) mass is 309 g/mol. The molecule has 1 saturated carbocycles. The molecular weight excluding hydrogens is 298 g/mol. The van der Waals surface area contributed by atoms with E-state index in [1.807, 2.05) is 0 Å². The zero-order valence-corrected chi connectivity index (χ0v) is 12.0. The number of thiazole rings is 1. The predicted molar refractivity (Wildman–Crippen MR) is 78.2 cm³/mol. The van der Waals surface area contributed by atoms with Gasteiger partial charge in [-0.1, -0.05) is 11.8 Å². The number of thioether (sulfide) groups is 1. The van der Waals surface area contributed by atoms with Gasteiger partial charge < -0.3 is 5.32 Å². The number of nitrogens with one attached hydrogen (secondary N) is 1. The number of carbonyl (C=O) groups is 1. The highest BCUT2D eigenvalue weighted by Gasteiger charge is 2.23. The van der Waals surface area contributed by atoms with E-state index in [1.54, 1.807) is 6.07 Å². The van der Waals surface area contributed by atoms with Gasteiger partial charge in [-0.2, -0.15) is 0 Å². The summed E-state index contributed by atoms with van der Waals surface area (Å²) in [7, 11) is 0. The second-order valence-electron chi connectivity index (χ2n) is 4.52. The Morgan fingerprint density at radius 2 is 2.35 bits per heavy atom. The highest BCUT2D eigenvalue weighted by molar-refractivity contribution is 8.01. The van der Waals surface area contributed by atoms with Gasteiger partial charge in [0.2, 0.25) is 5.91 Å². The maximum absolute atomic E-state index is 11.6. The predicted octanol–water partition coefficient (Wildman–Crippen LogP) is 2.58. The first-order valence-corrected chi connectivity index (χ1v) is 7.89. The quantitative estimate of drug-likeness (QED) is 0.521. The van der Waals surface area contributed by atoms with Gasteiger partial charge in [0.1, 0.15) is 0 Å². The second kappa shape index (κ2) is 5.37. The van der Waals surface area contributed by atoms with Crippen LogP contribution >= 0.6 is 23.1 Å². The van der Waals surface area contributed by atoms with Crippen molar-refractivity contribution >= 4 is 44.9 Å². The van der Waals surface area contributed by atoms with Crippen molar-refractivity contribution in [2.75, 3.05) is 5.75 Å². The lowest BCUT2D eigenvalue weighted by atomic mass is 10.3. The van der Waals surface area contributed by atoms with E-state index in [0.29, 0.717) is 11.8 Å². The van der Waals surface area contributed by atoms with Gasteiger partial charge in [0, 0.05) is 18.2 Å². The number of rotatable bonds is 5. The minimum Gasteiger partial charge on any atom is -0.353 e. The number of hydrogen-bond donors (Lipinski definition) is 1. The standard InChI is InChI=1S/C12H11N3O3S2/c16-11(13-7-1-2-7)6-19-12-14-9-4-3-8(15(17)18)5-10(9)20-12/h3-5,7H,1-2,6H2,(H,13,16). The summed E-state index contributed by atoms with van der Waals surface area (Å²) < 4.78 is 1.52. The average molecular weight is 309 g/mol. The number of benzene rings is 1. The molecule has 1 amide bonds. The van der Waals surface area contributed by atoms with Gasteiger partial charge in [0.15, 0.2) is 4.34 Å². The summed E-state index contributed by atoms with van der Waals surface area (Å²) in [6.07, 6.45) is 2.14. The average Bonchev–Trinajstić information content (AvgIpc) is 3.12. The van der Waals surface area contributed by atoms with Crippen LogP contribution in [0, 0.1) is 10.1 Å². The van der Waals surface area contributed by atoms with Crippen molar-refractivity contribution in [2.45, 2.75) is 23.2 Å². The van der Waals surface area contributed by atoms with Crippen LogP contribution in [0.25, 0.3) is 10.2 Å². The summed E-state index contributed by atoms with van der Waals surface area (Å²) in [5.74, 6) is 0.348. The molecule has 3 rings (SSSR count). The Balaban J connectivity index is 1.68. The van der Waals surface area contributed by atoms with Crippen molar-refractivity contribution in [1.82, 2.24) is 10.3 Å². The third-order valence-corrected chi connectivity index (χ3v) is 4.99. The molecule has 1 heterocycles. The SMILES string of the molecule is O=C(CSc1nc2ccc([N+](=O)[O-])cc2s1)NC1CC1. The molecule has 0 unspecified atom stereocenters. The molecule has 0 atom stereocenters. The van der Waals surface area contributed by atoms with Crippen LogP contribution in [-0.4, -0.2) is 27.6 Å². The molecule has 1 N–H and O–H groups in total. The van der Waals surface area contributed by atoms with E-state index in [2.05, 4.69) is 10.3 Å². The number of nitro benzene ring substituents is 1. The number of fused-ring (bicyclic) bond motifs is 1. The first-order chi connectivity index (χ1) is 9.61. The number of nitrogens with zero attached hydrogens (tertiary/aromatic N) is 2. The second-order valence-corrected chi connectivity index (χ2v) is 6.77. The van der Waals surface area contributed by atoms with Crippen LogP contribution in [0.1, 0.15) is 12.8 Å². The van der Waals surface area contributed by atoms with E-state index in [4.69, 9.17) is 0 Å². The number of aromatic nitrogens is 1. The van der Waals surface area contributed by atoms with Crippen LogP contribution < -0.4 is 5.32 Å². The van der Waals surface area contributed by atoms with Gasteiger partial charge in [-0.3, -0.25) is 14.9 Å². The summed E-state index contributed by atoms with van der Waals surface area (Å²) in [4.78, 5) is 26.2. The molecule has 104 valence electrons. The Morgan fingerprint density at radius 3 is 3.05 bits per heavy atom. The molecule has 1 aliphatic rings. The lowest BCUT2D eigenvalue weighted by molar-refractivity contribution is -0.384. The van der Waals surface area contributed by atoms with Gasteiger partial charge >= 0.3 is 0 Å². The summed E-state index contributed by atoms with van der Waals surface area (Å²) in [5.41, 5.74) is 0.787. The van der Waals surface area contributed by atoms with Crippen LogP contribution in [0.3, 0.4) is 0 Å². The summed E-state index contributed by atoms with van der Waals surface area (Å²) in [6, 6.07) is 4.96. The van der Waals surface area contributed by atoms with Crippen molar-refractivity contribution in [2.24, 2.45) is 0 Å². The lowest BCUT2D eigenvalue weighted by Crippen LogP contribution is -2.26. The number of hydrogen-bond acceptors (Lipinski definition) is 6. The number of nitro groups is 1. The van der Waals surface area contributed by atoms with Gasteiger partial charge in [-0.25, -0.2) is 4.98 Å². The van der Waals surface area contributed by atoms with Crippen molar-refractivity contribution in [3.05, 3.63) is 28.3 Å². The molecule has 6 nitrogen and oxygen atoms in total. The van der Waals surface area contributed by atoms with Crippen molar-refractivity contribution in [3.8, 4) is 0 Å². The normalized spacial score (nSPS) is 14.4. The Bertz CT molecular complexity index is 682. The maximum atomic E-state index is 11.6. The topological polar surface area (TPSA) is 85.1 Å². The number of non-ortho nitro benzene ring substituents is 1. The van der Waals surface area contributed by atoms with Crippen LogP contribution in [-0.2, 0) is 4.79 Å². The van der Waals surface area contributed by atoms with Crippen molar-refractivity contribution in [3.63, 3.8) is 0 Å². The highest BCUT2D eigenvalue weighted by Crippen LogP contribution is 2.31. The first-order valence-electron chi connectivity index (χ1n) is 6.09. The first kappa shape index (κ1) is 13.3. The lowest BCUT2D eigenvalue weighted by Gasteiger charge is -2.00. The van der Waals surface area contributed by atoms with Gasteiger partial charge in [-0.15, -0.1) is 11.3 Å².